The van der Waals surface area contributed by atoms with Crippen molar-refractivity contribution in [2.75, 3.05) is 13.2 Å². The van der Waals surface area contributed by atoms with Crippen molar-refractivity contribution in [3.8, 4) is 22.8 Å². The van der Waals surface area contributed by atoms with Crippen molar-refractivity contribution < 1.29 is 14.0 Å². The van der Waals surface area contributed by atoms with Gasteiger partial charge in [-0.1, -0.05) is 42.5 Å². The van der Waals surface area contributed by atoms with Crippen LogP contribution < -0.4 is 9.30 Å². The Kier molecular flexibility index (Phi) is 3.92. The maximum absolute atomic E-state index is 6.81. The molecule has 1 aromatic heterocycles. The van der Waals surface area contributed by atoms with Gasteiger partial charge in [0.15, 0.2) is 6.20 Å². The molecule has 1 fully saturated rings. The van der Waals surface area contributed by atoms with E-state index in [0.29, 0.717) is 5.92 Å². The highest BCUT2D eigenvalue weighted by Crippen LogP contribution is 2.52. The molecule has 3 heteroatoms. The topological polar surface area (TPSA) is 22.3 Å². The predicted molar refractivity (Wildman–Crippen MR) is 133 cm³/mol. The molecule has 1 saturated heterocycles. The molecule has 0 aliphatic carbocycles. The van der Waals surface area contributed by atoms with Gasteiger partial charge in [0.05, 0.1) is 17.6 Å². The standard InChI is InChI=1S/C30H26NO2/c1-17-20-7-4-5-8-21(20)18(2)30-27(17)29-28-24(11-13-31(29)3)23-10-6-9-22(19-12-14-32-16-19)25(23)15-26(28)33-30/h4-11,13,15,19H,12,14,16H2,1-3H3/q+1. The van der Waals surface area contributed by atoms with Crippen LogP contribution in [0.5, 0.6) is 11.5 Å². The third-order valence-electron chi connectivity index (χ3n) is 7.77. The van der Waals surface area contributed by atoms with Crippen LogP contribution in [-0.4, -0.2) is 13.2 Å². The van der Waals surface area contributed by atoms with Crippen molar-refractivity contribution in [2.24, 2.45) is 7.05 Å². The molecule has 0 amide bonds. The van der Waals surface area contributed by atoms with Gasteiger partial charge in [0, 0.05) is 29.5 Å². The SMILES string of the molecule is Cc1c2c(c(C)c3ccccc13)-c1c3c(cc4c(C5CCOC5)cccc4c3cc[n+]1C)O2. The van der Waals surface area contributed by atoms with Crippen molar-refractivity contribution >= 4 is 32.3 Å². The number of nitrogens with zero attached hydrogens (tertiary/aromatic N) is 1. The summed E-state index contributed by atoms with van der Waals surface area (Å²) in [5.74, 6) is 2.39. The first-order valence-electron chi connectivity index (χ1n) is 11.8. The molecule has 0 spiro atoms. The van der Waals surface area contributed by atoms with Crippen LogP contribution in [0.15, 0.2) is 60.8 Å². The van der Waals surface area contributed by atoms with Crippen LogP contribution in [0.4, 0.5) is 0 Å². The van der Waals surface area contributed by atoms with Gasteiger partial charge in [0.25, 0.3) is 0 Å². The van der Waals surface area contributed by atoms with Crippen LogP contribution in [0, 0.1) is 13.8 Å². The van der Waals surface area contributed by atoms with Gasteiger partial charge in [0.2, 0.25) is 5.69 Å². The van der Waals surface area contributed by atoms with Crippen LogP contribution >= 0.6 is 0 Å². The number of aromatic nitrogens is 1. The van der Waals surface area contributed by atoms with E-state index in [1.807, 2.05) is 0 Å². The highest BCUT2D eigenvalue weighted by molar-refractivity contribution is 6.16. The molecule has 1 unspecified atom stereocenters. The molecule has 1 atom stereocenters. The number of hydrogen-bond donors (Lipinski definition) is 0. The lowest BCUT2D eigenvalue weighted by Gasteiger charge is -2.25. The molecule has 0 N–H and O–H groups in total. The quantitative estimate of drug-likeness (QED) is 0.209. The van der Waals surface area contributed by atoms with Crippen molar-refractivity contribution in [1.29, 1.82) is 0 Å². The predicted octanol–water partition coefficient (Wildman–Crippen LogP) is 6.86. The minimum Gasteiger partial charge on any atom is -0.455 e. The van der Waals surface area contributed by atoms with Gasteiger partial charge in [-0.3, -0.25) is 0 Å². The van der Waals surface area contributed by atoms with Crippen molar-refractivity contribution in [2.45, 2.75) is 26.2 Å². The third-order valence-corrected chi connectivity index (χ3v) is 7.77. The maximum atomic E-state index is 6.81. The third kappa shape index (κ3) is 2.51. The molecular formula is C30H26NO2+. The monoisotopic (exact) mass is 432 g/mol. The summed E-state index contributed by atoms with van der Waals surface area (Å²) in [6.07, 6.45) is 3.28. The van der Waals surface area contributed by atoms with E-state index in [2.05, 4.69) is 86.3 Å². The van der Waals surface area contributed by atoms with Crippen molar-refractivity contribution in [1.82, 2.24) is 0 Å². The Balaban J connectivity index is 1.63. The van der Waals surface area contributed by atoms with Gasteiger partial charge in [-0.15, -0.1) is 0 Å². The van der Waals surface area contributed by atoms with Gasteiger partial charge >= 0.3 is 0 Å². The Hall–Kier alpha value is -3.43. The smallest absolute Gasteiger partial charge is 0.228 e. The fourth-order valence-corrected chi connectivity index (χ4v) is 6.10. The minimum atomic E-state index is 0.446. The fraction of sp³-hybridized carbons (Fsp3) is 0.233. The van der Waals surface area contributed by atoms with Gasteiger partial charge in [-0.05, 0) is 59.0 Å². The summed E-state index contributed by atoms with van der Waals surface area (Å²) in [7, 11) is 2.15. The van der Waals surface area contributed by atoms with Gasteiger partial charge < -0.3 is 9.47 Å². The molecule has 4 aromatic carbocycles. The molecule has 162 valence electrons. The molecule has 0 bridgehead atoms. The average molecular weight is 433 g/mol. The van der Waals surface area contributed by atoms with Crippen LogP contribution in [-0.2, 0) is 11.8 Å². The maximum Gasteiger partial charge on any atom is 0.228 e. The highest BCUT2D eigenvalue weighted by atomic mass is 16.5. The van der Waals surface area contributed by atoms with Gasteiger partial charge in [0.1, 0.15) is 18.5 Å². The van der Waals surface area contributed by atoms with E-state index in [4.69, 9.17) is 9.47 Å². The number of benzene rings is 4. The zero-order valence-corrected chi connectivity index (χ0v) is 19.2. The number of rotatable bonds is 1. The van der Waals surface area contributed by atoms with Crippen LogP contribution in [0.1, 0.15) is 29.0 Å². The molecule has 3 nitrogen and oxygen atoms in total. The van der Waals surface area contributed by atoms with E-state index in [9.17, 15) is 0 Å². The summed E-state index contributed by atoms with van der Waals surface area (Å²) in [6.45, 7) is 6.06. The number of pyridine rings is 1. The van der Waals surface area contributed by atoms with Gasteiger partial charge in [-0.2, -0.15) is 0 Å². The van der Waals surface area contributed by atoms with Crippen molar-refractivity contribution in [3.05, 3.63) is 77.5 Å². The molecule has 2 aliphatic heterocycles. The first-order chi connectivity index (χ1) is 16.1. The molecule has 33 heavy (non-hydrogen) atoms. The second-order valence-corrected chi connectivity index (χ2v) is 9.54. The summed E-state index contributed by atoms with van der Waals surface area (Å²) in [6, 6.07) is 19.9. The Labute approximate surface area is 193 Å². The molecular weight excluding hydrogens is 406 g/mol. The Morgan fingerprint density at radius 3 is 2.42 bits per heavy atom. The lowest BCUT2D eigenvalue weighted by Crippen LogP contribution is -2.32. The normalized spacial score (nSPS) is 17.0. The number of aryl methyl sites for hydroxylation is 3. The summed E-state index contributed by atoms with van der Waals surface area (Å²) in [5.41, 5.74) is 6.31. The minimum absolute atomic E-state index is 0.446. The van der Waals surface area contributed by atoms with E-state index in [1.165, 1.54) is 60.3 Å². The Bertz CT molecular complexity index is 1630. The second kappa shape index (κ2) is 6.79. The summed E-state index contributed by atoms with van der Waals surface area (Å²) in [5, 5.41) is 7.60. The Morgan fingerprint density at radius 1 is 0.848 bits per heavy atom. The van der Waals surface area contributed by atoms with E-state index < -0.39 is 0 Å². The van der Waals surface area contributed by atoms with Crippen LogP contribution in [0.25, 0.3) is 43.6 Å². The second-order valence-electron chi connectivity index (χ2n) is 9.54. The number of fused-ring (bicyclic) bond motifs is 5. The summed E-state index contributed by atoms with van der Waals surface area (Å²) < 4.78 is 14.8. The van der Waals surface area contributed by atoms with Crippen LogP contribution in [0.2, 0.25) is 0 Å². The van der Waals surface area contributed by atoms with E-state index >= 15 is 0 Å². The first-order valence-corrected chi connectivity index (χ1v) is 11.8. The molecule has 0 radical (unpaired) electrons. The molecule has 2 aliphatic rings. The summed E-state index contributed by atoms with van der Waals surface area (Å²) >= 11 is 0. The molecule has 5 aromatic rings. The van der Waals surface area contributed by atoms with E-state index in [-0.39, 0.29) is 0 Å². The summed E-state index contributed by atoms with van der Waals surface area (Å²) in [4.78, 5) is 0. The first kappa shape index (κ1) is 19.1. The average Bonchev–Trinajstić information content (AvgIpc) is 3.38. The molecule has 3 heterocycles. The van der Waals surface area contributed by atoms with Gasteiger partial charge in [-0.25, -0.2) is 4.57 Å². The molecule has 7 rings (SSSR count). The number of ether oxygens (including phenoxy) is 2. The molecule has 0 saturated carbocycles. The largest absolute Gasteiger partial charge is 0.455 e. The van der Waals surface area contributed by atoms with E-state index in [1.54, 1.807) is 0 Å². The lowest BCUT2D eigenvalue weighted by molar-refractivity contribution is -0.659. The Morgan fingerprint density at radius 2 is 1.64 bits per heavy atom. The zero-order valence-electron chi connectivity index (χ0n) is 19.2. The lowest BCUT2D eigenvalue weighted by atomic mass is 9.86. The highest BCUT2D eigenvalue weighted by Gasteiger charge is 2.33. The van der Waals surface area contributed by atoms with E-state index in [0.717, 1.165) is 31.1 Å². The van der Waals surface area contributed by atoms with Crippen molar-refractivity contribution in [3.63, 3.8) is 0 Å². The zero-order chi connectivity index (χ0) is 22.3. The number of hydrogen-bond acceptors (Lipinski definition) is 2. The fourth-order valence-electron chi connectivity index (χ4n) is 6.10. The van der Waals surface area contributed by atoms with Crippen LogP contribution in [0.3, 0.4) is 0 Å².